The van der Waals surface area contributed by atoms with E-state index in [2.05, 4.69) is 10.6 Å². The Labute approximate surface area is 152 Å². The largest absolute Gasteiger partial charge is 0.350 e. The molecule has 0 unspecified atom stereocenters. The van der Waals surface area contributed by atoms with Crippen molar-refractivity contribution in [3.8, 4) is 0 Å². The van der Waals surface area contributed by atoms with Gasteiger partial charge in [0.1, 0.15) is 0 Å². The summed E-state index contributed by atoms with van der Waals surface area (Å²) in [6.45, 7) is 2.27. The van der Waals surface area contributed by atoms with Gasteiger partial charge >= 0.3 is 0 Å². The Morgan fingerprint density at radius 2 is 2.00 bits per heavy atom. The molecule has 5 heteroatoms. The number of hydrogen-bond acceptors (Lipinski definition) is 3. The summed E-state index contributed by atoms with van der Waals surface area (Å²) in [5, 5.41) is 6.45. The SMILES string of the molecule is O=C(/C=C/c1ccccc1)NC[C@H]1[C@@H]2CNC[C@@H](C2)c2cccc(=O)n21. The van der Waals surface area contributed by atoms with E-state index < -0.39 is 0 Å². The number of benzene rings is 1. The molecular weight excluding hydrogens is 326 g/mol. The summed E-state index contributed by atoms with van der Waals surface area (Å²) >= 11 is 0. The molecule has 1 amide bonds. The van der Waals surface area contributed by atoms with Crippen molar-refractivity contribution in [2.24, 2.45) is 5.92 Å². The Kier molecular flexibility index (Phi) is 4.71. The van der Waals surface area contributed by atoms with Crippen LogP contribution in [0.15, 0.2) is 59.4 Å². The molecule has 2 bridgehead atoms. The standard InChI is InChI=1S/C21H23N3O2/c25-20(10-9-15-5-2-1-3-6-15)23-14-19-17-11-16(12-22-13-17)18-7-4-8-21(26)24(18)19/h1-10,16-17,19,22H,11-14H2,(H,23,25)/b10-9+/t16-,17+,19+/m1/s1. The van der Waals surface area contributed by atoms with E-state index in [1.165, 1.54) is 0 Å². The minimum absolute atomic E-state index is 0.00294. The van der Waals surface area contributed by atoms with Crippen LogP contribution in [0.2, 0.25) is 0 Å². The highest BCUT2D eigenvalue weighted by molar-refractivity contribution is 5.91. The molecular formula is C21H23N3O2. The second-order valence-electron chi connectivity index (χ2n) is 7.07. The number of amides is 1. The fourth-order valence-corrected chi connectivity index (χ4v) is 4.17. The van der Waals surface area contributed by atoms with E-state index in [4.69, 9.17) is 0 Å². The number of aromatic nitrogens is 1. The summed E-state index contributed by atoms with van der Waals surface area (Å²) in [5.74, 6) is 0.609. The molecule has 1 aromatic heterocycles. The lowest BCUT2D eigenvalue weighted by Gasteiger charge is -2.43. The minimum atomic E-state index is -0.134. The van der Waals surface area contributed by atoms with Crippen molar-refractivity contribution in [3.63, 3.8) is 0 Å². The van der Waals surface area contributed by atoms with Gasteiger partial charge in [-0.05, 0) is 30.0 Å². The Balaban J connectivity index is 1.49. The van der Waals surface area contributed by atoms with Crippen LogP contribution in [0.5, 0.6) is 0 Å². The van der Waals surface area contributed by atoms with E-state index in [1.54, 1.807) is 18.2 Å². The molecule has 0 radical (unpaired) electrons. The molecule has 2 aromatic rings. The van der Waals surface area contributed by atoms with Crippen LogP contribution in [0.1, 0.15) is 29.6 Å². The van der Waals surface area contributed by atoms with Gasteiger partial charge in [-0.15, -0.1) is 0 Å². The van der Waals surface area contributed by atoms with Crippen molar-refractivity contribution in [1.82, 2.24) is 15.2 Å². The Morgan fingerprint density at radius 3 is 2.85 bits per heavy atom. The summed E-state index contributed by atoms with van der Waals surface area (Å²) in [7, 11) is 0. The molecule has 1 aromatic carbocycles. The fourth-order valence-electron chi connectivity index (χ4n) is 4.17. The van der Waals surface area contributed by atoms with Crippen LogP contribution >= 0.6 is 0 Å². The molecule has 0 spiro atoms. The maximum atomic E-state index is 12.5. The summed E-state index contributed by atoms with van der Waals surface area (Å²) in [6.07, 6.45) is 4.42. The highest BCUT2D eigenvalue weighted by atomic mass is 16.1. The van der Waals surface area contributed by atoms with Gasteiger partial charge in [-0.3, -0.25) is 9.59 Å². The fraction of sp³-hybridized carbons (Fsp3) is 0.333. The quantitative estimate of drug-likeness (QED) is 0.829. The maximum absolute atomic E-state index is 12.5. The van der Waals surface area contributed by atoms with Gasteiger partial charge < -0.3 is 15.2 Å². The smallest absolute Gasteiger partial charge is 0.251 e. The maximum Gasteiger partial charge on any atom is 0.251 e. The number of rotatable bonds is 4. The van der Waals surface area contributed by atoms with Gasteiger partial charge in [-0.25, -0.2) is 0 Å². The zero-order valence-corrected chi connectivity index (χ0v) is 14.6. The lowest BCUT2D eigenvalue weighted by atomic mass is 9.79. The zero-order valence-electron chi connectivity index (χ0n) is 14.6. The predicted molar refractivity (Wildman–Crippen MR) is 102 cm³/mol. The van der Waals surface area contributed by atoms with Crippen molar-refractivity contribution < 1.29 is 4.79 Å². The number of piperidine rings is 1. The van der Waals surface area contributed by atoms with E-state index >= 15 is 0 Å². The molecule has 3 heterocycles. The van der Waals surface area contributed by atoms with Crippen molar-refractivity contribution in [2.75, 3.05) is 19.6 Å². The van der Waals surface area contributed by atoms with E-state index in [-0.39, 0.29) is 17.5 Å². The van der Waals surface area contributed by atoms with Gasteiger partial charge in [-0.1, -0.05) is 36.4 Å². The van der Waals surface area contributed by atoms with E-state index in [1.807, 2.05) is 47.0 Å². The molecule has 2 N–H and O–H groups in total. The minimum Gasteiger partial charge on any atom is -0.350 e. The number of nitrogens with zero attached hydrogens (tertiary/aromatic N) is 1. The third kappa shape index (κ3) is 3.35. The first-order valence-electron chi connectivity index (χ1n) is 9.15. The first-order valence-corrected chi connectivity index (χ1v) is 9.15. The van der Waals surface area contributed by atoms with Crippen LogP contribution in [0, 0.1) is 5.92 Å². The van der Waals surface area contributed by atoms with Crippen molar-refractivity contribution in [1.29, 1.82) is 0 Å². The molecule has 2 aliphatic rings. The van der Waals surface area contributed by atoms with Gasteiger partial charge in [0, 0.05) is 43.4 Å². The van der Waals surface area contributed by atoms with Crippen molar-refractivity contribution >= 4 is 12.0 Å². The molecule has 3 atom stereocenters. The summed E-state index contributed by atoms with van der Waals surface area (Å²) in [4.78, 5) is 24.7. The topological polar surface area (TPSA) is 63.1 Å². The number of hydrogen-bond donors (Lipinski definition) is 2. The summed E-state index contributed by atoms with van der Waals surface area (Å²) in [5.41, 5.74) is 2.10. The second-order valence-corrected chi connectivity index (χ2v) is 7.07. The third-order valence-corrected chi connectivity index (χ3v) is 5.41. The number of pyridine rings is 1. The zero-order chi connectivity index (χ0) is 17.9. The van der Waals surface area contributed by atoms with Crippen LogP contribution in [-0.2, 0) is 4.79 Å². The van der Waals surface area contributed by atoms with Crippen LogP contribution in [0.4, 0.5) is 0 Å². The van der Waals surface area contributed by atoms with Gasteiger partial charge in [0.25, 0.3) is 5.56 Å². The van der Waals surface area contributed by atoms with E-state index in [0.717, 1.165) is 30.8 Å². The number of nitrogens with one attached hydrogen (secondary N) is 2. The second kappa shape index (κ2) is 7.30. The molecule has 4 rings (SSSR count). The predicted octanol–water partition coefficient (Wildman–Crippen LogP) is 1.93. The molecule has 2 aliphatic heterocycles. The van der Waals surface area contributed by atoms with Crippen molar-refractivity contribution in [2.45, 2.75) is 18.4 Å². The van der Waals surface area contributed by atoms with E-state index in [9.17, 15) is 9.59 Å². The Bertz CT molecular complexity index is 872. The number of fused-ring (bicyclic) bond motifs is 4. The van der Waals surface area contributed by atoms with Crippen LogP contribution in [0.25, 0.3) is 6.08 Å². The van der Waals surface area contributed by atoms with Gasteiger partial charge in [0.05, 0.1) is 6.04 Å². The van der Waals surface area contributed by atoms with Crippen molar-refractivity contribution in [3.05, 3.63) is 76.2 Å². The van der Waals surface area contributed by atoms with Crippen LogP contribution in [-0.4, -0.2) is 30.1 Å². The summed E-state index contributed by atoms with van der Waals surface area (Å²) in [6, 6.07) is 15.2. The van der Waals surface area contributed by atoms with Crippen LogP contribution < -0.4 is 16.2 Å². The normalized spacial score (nSPS) is 24.2. The molecule has 134 valence electrons. The Hall–Kier alpha value is -2.66. The lowest BCUT2D eigenvalue weighted by Crippen LogP contribution is -2.50. The third-order valence-electron chi connectivity index (χ3n) is 5.41. The number of carbonyl (C=O) groups is 1. The number of carbonyl (C=O) groups excluding carboxylic acids is 1. The average molecular weight is 349 g/mol. The summed E-state index contributed by atoms with van der Waals surface area (Å²) < 4.78 is 1.90. The van der Waals surface area contributed by atoms with Gasteiger partial charge in [0.2, 0.25) is 5.91 Å². The van der Waals surface area contributed by atoms with Gasteiger partial charge in [-0.2, -0.15) is 0 Å². The first kappa shape index (κ1) is 16.8. The molecule has 5 nitrogen and oxygen atoms in total. The Morgan fingerprint density at radius 1 is 1.15 bits per heavy atom. The highest BCUT2D eigenvalue weighted by Gasteiger charge is 2.37. The first-order chi connectivity index (χ1) is 12.7. The molecule has 1 saturated heterocycles. The molecule has 1 fully saturated rings. The van der Waals surface area contributed by atoms with E-state index in [0.29, 0.717) is 18.4 Å². The molecule has 26 heavy (non-hydrogen) atoms. The van der Waals surface area contributed by atoms with Crippen LogP contribution in [0.3, 0.4) is 0 Å². The highest BCUT2D eigenvalue weighted by Crippen LogP contribution is 2.37. The molecule has 0 saturated carbocycles. The molecule has 0 aliphatic carbocycles. The lowest BCUT2D eigenvalue weighted by molar-refractivity contribution is -0.116. The van der Waals surface area contributed by atoms with Gasteiger partial charge in [0.15, 0.2) is 0 Å². The monoisotopic (exact) mass is 349 g/mol. The average Bonchev–Trinajstić information content (AvgIpc) is 2.68.